The van der Waals surface area contributed by atoms with Crippen molar-refractivity contribution in [1.29, 1.82) is 0 Å². The number of allylic oxidation sites excluding steroid dienone is 3. The van der Waals surface area contributed by atoms with Crippen LogP contribution in [0.5, 0.6) is 0 Å². The lowest BCUT2D eigenvalue weighted by Gasteiger charge is -2.01. The summed E-state index contributed by atoms with van der Waals surface area (Å²) in [7, 11) is 1.39. The maximum Gasteiger partial charge on any atom is 0.330 e. The van der Waals surface area contributed by atoms with E-state index < -0.39 is 0 Å². The van der Waals surface area contributed by atoms with E-state index in [1.165, 1.54) is 83.8 Å². The Labute approximate surface area is 131 Å². The summed E-state index contributed by atoms with van der Waals surface area (Å²) < 4.78 is 4.51. The van der Waals surface area contributed by atoms with Crippen LogP contribution in [0.1, 0.15) is 84.0 Å². The number of rotatable bonds is 14. The fraction of sp³-hybridized carbons (Fsp3) is 0.737. The molecule has 21 heavy (non-hydrogen) atoms. The van der Waals surface area contributed by atoms with Gasteiger partial charge in [-0.3, -0.25) is 0 Å². The predicted octanol–water partition coefficient (Wildman–Crippen LogP) is 5.97. The van der Waals surface area contributed by atoms with Crippen LogP contribution < -0.4 is 0 Å². The van der Waals surface area contributed by atoms with Crippen molar-refractivity contribution in [2.45, 2.75) is 84.0 Å². The molecule has 2 heteroatoms. The molecule has 0 aromatic carbocycles. The second kappa shape index (κ2) is 17.0. The van der Waals surface area contributed by atoms with Gasteiger partial charge >= 0.3 is 5.97 Å². The number of carbonyl (C=O) groups excluding carboxylic acids is 1. The van der Waals surface area contributed by atoms with E-state index in [0.29, 0.717) is 0 Å². The zero-order valence-corrected chi connectivity index (χ0v) is 14.1. The average molecular weight is 294 g/mol. The van der Waals surface area contributed by atoms with E-state index in [4.69, 9.17) is 0 Å². The SMILES string of the molecule is CCCCCCCCCCCCC/C=C/C=C/C(=O)OC. The van der Waals surface area contributed by atoms with E-state index in [0.717, 1.165) is 6.42 Å². The van der Waals surface area contributed by atoms with Gasteiger partial charge in [-0.1, -0.05) is 89.4 Å². The standard InChI is InChI=1S/C19H34O2/c1-3-4-5-6-7-8-9-10-11-12-13-14-15-16-17-18-19(20)21-2/h15-18H,3-14H2,1-2H3/b16-15+,18-17+. The summed E-state index contributed by atoms with van der Waals surface area (Å²) in [5.41, 5.74) is 0. The summed E-state index contributed by atoms with van der Waals surface area (Å²) in [6.45, 7) is 2.27. The average Bonchev–Trinajstić information content (AvgIpc) is 2.50. The lowest BCUT2D eigenvalue weighted by Crippen LogP contribution is -1.92. The Bertz CT molecular complexity index is 279. The zero-order valence-electron chi connectivity index (χ0n) is 14.1. The van der Waals surface area contributed by atoms with E-state index in [1.807, 2.05) is 6.08 Å². The molecule has 0 unspecified atom stereocenters. The van der Waals surface area contributed by atoms with E-state index in [1.54, 1.807) is 6.08 Å². The molecule has 0 atom stereocenters. The Balaban J connectivity index is 3.17. The first-order valence-electron chi connectivity index (χ1n) is 8.72. The first-order valence-corrected chi connectivity index (χ1v) is 8.72. The highest BCUT2D eigenvalue weighted by molar-refractivity contribution is 5.82. The molecule has 0 saturated heterocycles. The van der Waals surface area contributed by atoms with Gasteiger partial charge in [-0.15, -0.1) is 0 Å². The molecular weight excluding hydrogens is 260 g/mol. The molecule has 0 aliphatic rings. The minimum absolute atomic E-state index is 0.297. The number of hydrogen-bond donors (Lipinski definition) is 0. The minimum atomic E-state index is -0.297. The Kier molecular flexibility index (Phi) is 16.2. The molecule has 0 rings (SSSR count). The molecule has 0 spiro atoms. The van der Waals surface area contributed by atoms with Crippen molar-refractivity contribution in [2.24, 2.45) is 0 Å². The molecule has 0 aliphatic carbocycles. The van der Waals surface area contributed by atoms with Gasteiger partial charge in [0.25, 0.3) is 0 Å². The van der Waals surface area contributed by atoms with Gasteiger partial charge in [0.05, 0.1) is 7.11 Å². The van der Waals surface area contributed by atoms with Gasteiger partial charge in [-0.05, 0) is 12.8 Å². The Hall–Kier alpha value is -1.05. The smallest absolute Gasteiger partial charge is 0.330 e. The summed E-state index contributed by atoms with van der Waals surface area (Å²) in [6, 6.07) is 0. The van der Waals surface area contributed by atoms with E-state index in [2.05, 4.69) is 17.7 Å². The number of carbonyl (C=O) groups is 1. The molecule has 0 bridgehead atoms. The van der Waals surface area contributed by atoms with Crippen LogP contribution in [0.25, 0.3) is 0 Å². The fourth-order valence-electron chi connectivity index (χ4n) is 2.30. The molecule has 0 fully saturated rings. The van der Waals surface area contributed by atoms with Crippen LogP contribution in [0, 0.1) is 0 Å². The topological polar surface area (TPSA) is 26.3 Å². The highest BCUT2D eigenvalue weighted by Crippen LogP contribution is 2.11. The Morgan fingerprint density at radius 3 is 1.86 bits per heavy atom. The number of unbranched alkanes of at least 4 members (excludes halogenated alkanes) is 11. The van der Waals surface area contributed by atoms with Gasteiger partial charge in [-0.25, -0.2) is 4.79 Å². The van der Waals surface area contributed by atoms with E-state index in [9.17, 15) is 4.79 Å². The maximum absolute atomic E-state index is 10.8. The summed E-state index contributed by atoms with van der Waals surface area (Å²) in [4.78, 5) is 10.8. The second-order valence-electron chi connectivity index (χ2n) is 5.63. The van der Waals surface area contributed by atoms with Crippen molar-refractivity contribution in [2.75, 3.05) is 7.11 Å². The first-order chi connectivity index (χ1) is 10.3. The zero-order chi connectivity index (χ0) is 15.6. The minimum Gasteiger partial charge on any atom is -0.466 e. The third-order valence-electron chi connectivity index (χ3n) is 3.66. The molecule has 122 valence electrons. The molecular formula is C19H34O2. The lowest BCUT2D eigenvalue weighted by atomic mass is 10.1. The summed E-state index contributed by atoms with van der Waals surface area (Å²) >= 11 is 0. The van der Waals surface area contributed by atoms with Crippen molar-refractivity contribution >= 4 is 5.97 Å². The Morgan fingerprint density at radius 2 is 1.33 bits per heavy atom. The first kappa shape index (κ1) is 19.9. The van der Waals surface area contributed by atoms with Crippen LogP contribution >= 0.6 is 0 Å². The molecule has 2 nitrogen and oxygen atoms in total. The van der Waals surface area contributed by atoms with Gasteiger partial charge in [0, 0.05) is 6.08 Å². The van der Waals surface area contributed by atoms with Crippen LogP contribution in [0.15, 0.2) is 24.3 Å². The molecule has 0 aromatic rings. The van der Waals surface area contributed by atoms with Crippen molar-refractivity contribution < 1.29 is 9.53 Å². The predicted molar refractivity (Wildman–Crippen MR) is 91.4 cm³/mol. The van der Waals surface area contributed by atoms with Crippen LogP contribution in [0.4, 0.5) is 0 Å². The van der Waals surface area contributed by atoms with Crippen LogP contribution in [-0.4, -0.2) is 13.1 Å². The van der Waals surface area contributed by atoms with Gasteiger partial charge in [0.2, 0.25) is 0 Å². The normalized spacial score (nSPS) is 11.5. The van der Waals surface area contributed by atoms with Crippen LogP contribution in [-0.2, 0) is 9.53 Å². The number of esters is 1. The quantitative estimate of drug-likeness (QED) is 0.171. The molecule has 0 radical (unpaired) electrons. The van der Waals surface area contributed by atoms with Gasteiger partial charge in [0.15, 0.2) is 0 Å². The second-order valence-corrected chi connectivity index (χ2v) is 5.63. The van der Waals surface area contributed by atoms with Gasteiger partial charge in [-0.2, -0.15) is 0 Å². The monoisotopic (exact) mass is 294 g/mol. The van der Waals surface area contributed by atoms with Crippen molar-refractivity contribution in [3.8, 4) is 0 Å². The van der Waals surface area contributed by atoms with Crippen LogP contribution in [0.2, 0.25) is 0 Å². The lowest BCUT2D eigenvalue weighted by molar-refractivity contribution is -0.134. The number of methoxy groups -OCH3 is 1. The summed E-state index contributed by atoms with van der Waals surface area (Å²) in [5, 5.41) is 0. The van der Waals surface area contributed by atoms with E-state index >= 15 is 0 Å². The van der Waals surface area contributed by atoms with Crippen LogP contribution in [0.3, 0.4) is 0 Å². The number of ether oxygens (including phenoxy) is 1. The maximum atomic E-state index is 10.8. The van der Waals surface area contributed by atoms with Crippen molar-refractivity contribution in [1.82, 2.24) is 0 Å². The highest BCUT2D eigenvalue weighted by atomic mass is 16.5. The molecule has 0 aromatic heterocycles. The van der Waals surface area contributed by atoms with Crippen molar-refractivity contribution in [3.63, 3.8) is 0 Å². The molecule has 0 heterocycles. The highest BCUT2D eigenvalue weighted by Gasteiger charge is 1.92. The molecule has 0 aliphatic heterocycles. The van der Waals surface area contributed by atoms with Gasteiger partial charge in [0.1, 0.15) is 0 Å². The largest absolute Gasteiger partial charge is 0.466 e. The summed E-state index contributed by atoms with van der Waals surface area (Å²) in [6.07, 6.45) is 23.5. The summed E-state index contributed by atoms with van der Waals surface area (Å²) in [5.74, 6) is -0.297. The third kappa shape index (κ3) is 16.9. The van der Waals surface area contributed by atoms with Gasteiger partial charge < -0.3 is 4.74 Å². The van der Waals surface area contributed by atoms with E-state index in [-0.39, 0.29) is 5.97 Å². The molecule has 0 saturated carbocycles. The fourth-order valence-corrected chi connectivity index (χ4v) is 2.30. The Morgan fingerprint density at radius 1 is 0.810 bits per heavy atom. The number of hydrogen-bond acceptors (Lipinski definition) is 2. The third-order valence-corrected chi connectivity index (χ3v) is 3.66. The molecule has 0 amide bonds. The van der Waals surface area contributed by atoms with Crippen molar-refractivity contribution in [3.05, 3.63) is 24.3 Å². The molecule has 0 N–H and O–H groups in total.